The molecule has 0 bridgehead atoms. The topological polar surface area (TPSA) is 29.5 Å². The van der Waals surface area contributed by atoms with Crippen molar-refractivity contribution in [2.24, 2.45) is 5.92 Å². The maximum atomic E-state index is 11.5. The van der Waals surface area contributed by atoms with Crippen molar-refractivity contribution in [2.75, 3.05) is 26.2 Å². The van der Waals surface area contributed by atoms with Crippen molar-refractivity contribution in [2.45, 2.75) is 29.8 Å². The lowest BCUT2D eigenvalue weighted by molar-refractivity contribution is -0.120. The number of ketones is 1. The van der Waals surface area contributed by atoms with Crippen LogP contribution in [-0.2, 0) is 9.53 Å². The Hall–Kier alpha value is 0.320. The number of ether oxygens (including phenoxy) is 1. The Morgan fingerprint density at radius 2 is 2.27 bits per heavy atom. The van der Waals surface area contributed by atoms with Gasteiger partial charge in [0, 0.05) is 25.4 Å². The molecule has 1 atom stereocenters. The summed E-state index contributed by atoms with van der Waals surface area (Å²) in [6, 6.07) is 0. The Morgan fingerprint density at radius 3 is 2.93 bits per heavy atom. The summed E-state index contributed by atoms with van der Waals surface area (Å²) < 4.78 is 5.79. The number of morpholine rings is 1. The molecule has 0 N–H and O–H groups in total. The van der Waals surface area contributed by atoms with Crippen LogP contribution in [0.15, 0.2) is 0 Å². The summed E-state index contributed by atoms with van der Waals surface area (Å²) in [7, 11) is 0. The van der Waals surface area contributed by atoms with E-state index in [4.69, 9.17) is 4.74 Å². The van der Waals surface area contributed by atoms with E-state index < -0.39 is 0 Å². The van der Waals surface area contributed by atoms with Crippen LogP contribution in [0.4, 0.5) is 0 Å². The molecule has 2 fully saturated rings. The number of Topliss-reactive ketones (excluding diaryl/α,β-unsaturated/α-hetero) is 1. The SMILES string of the molecule is O=C(CCCN1CCOC(I)C1)C1CC1. The maximum absolute atomic E-state index is 11.5. The van der Waals surface area contributed by atoms with Gasteiger partial charge in [-0.25, -0.2) is 0 Å². The fourth-order valence-corrected chi connectivity index (χ4v) is 2.76. The molecule has 1 aliphatic heterocycles. The molecule has 0 aromatic rings. The zero-order chi connectivity index (χ0) is 10.7. The lowest BCUT2D eigenvalue weighted by Crippen LogP contribution is -2.40. The third kappa shape index (κ3) is 4.00. The van der Waals surface area contributed by atoms with Crippen molar-refractivity contribution in [1.82, 2.24) is 4.90 Å². The van der Waals surface area contributed by atoms with Crippen LogP contribution in [0.2, 0.25) is 0 Å². The summed E-state index contributed by atoms with van der Waals surface area (Å²) in [5.74, 6) is 0.932. The first kappa shape index (κ1) is 11.8. The molecule has 1 aliphatic carbocycles. The zero-order valence-corrected chi connectivity index (χ0v) is 11.1. The molecule has 0 radical (unpaired) electrons. The molecule has 4 heteroatoms. The minimum atomic E-state index is 0.329. The van der Waals surface area contributed by atoms with Gasteiger partial charge in [-0.3, -0.25) is 9.69 Å². The van der Waals surface area contributed by atoms with E-state index in [9.17, 15) is 4.79 Å². The monoisotopic (exact) mass is 323 g/mol. The highest BCUT2D eigenvalue weighted by Crippen LogP contribution is 2.31. The Morgan fingerprint density at radius 1 is 1.47 bits per heavy atom. The molecule has 86 valence electrons. The Labute approximate surface area is 105 Å². The second-order valence-electron chi connectivity index (χ2n) is 4.43. The minimum Gasteiger partial charge on any atom is -0.365 e. The van der Waals surface area contributed by atoms with Gasteiger partial charge in [0.2, 0.25) is 0 Å². The highest BCUT2D eigenvalue weighted by molar-refractivity contribution is 14.1. The van der Waals surface area contributed by atoms with Crippen LogP contribution in [0.25, 0.3) is 0 Å². The van der Waals surface area contributed by atoms with Crippen molar-refractivity contribution in [3.8, 4) is 0 Å². The predicted molar refractivity (Wildman–Crippen MR) is 67.2 cm³/mol. The molecular formula is C11H18INO2. The minimum absolute atomic E-state index is 0.329. The summed E-state index contributed by atoms with van der Waals surface area (Å²) in [5, 5.41) is 0. The van der Waals surface area contributed by atoms with Gasteiger partial charge in [-0.1, -0.05) is 0 Å². The third-order valence-corrected chi connectivity index (χ3v) is 3.79. The normalized spacial score (nSPS) is 27.9. The molecule has 0 aromatic heterocycles. The average Bonchev–Trinajstić information content (AvgIpc) is 3.00. The lowest BCUT2D eigenvalue weighted by atomic mass is 10.1. The number of halogens is 1. The van der Waals surface area contributed by atoms with Crippen LogP contribution in [0.3, 0.4) is 0 Å². The molecular weight excluding hydrogens is 305 g/mol. The summed E-state index contributed by atoms with van der Waals surface area (Å²) in [4.78, 5) is 13.9. The van der Waals surface area contributed by atoms with Crippen molar-refractivity contribution < 1.29 is 9.53 Å². The largest absolute Gasteiger partial charge is 0.365 e. The molecule has 15 heavy (non-hydrogen) atoms. The van der Waals surface area contributed by atoms with E-state index in [1.54, 1.807) is 0 Å². The molecule has 0 spiro atoms. The van der Waals surface area contributed by atoms with Crippen LogP contribution < -0.4 is 0 Å². The zero-order valence-electron chi connectivity index (χ0n) is 8.95. The fourth-order valence-electron chi connectivity index (χ4n) is 1.95. The molecule has 1 saturated heterocycles. The fraction of sp³-hybridized carbons (Fsp3) is 0.909. The van der Waals surface area contributed by atoms with Crippen LogP contribution in [0.5, 0.6) is 0 Å². The third-order valence-electron chi connectivity index (χ3n) is 3.04. The van der Waals surface area contributed by atoms with Crippen molar-refractivity contribution in [1.29, 1.82) is 0 Å². The highest BCUT2D eigenvalue weighted by atomic mass is 127. The standard InChI is InChI=1S/C11H18INO2/c12-11-8-13(6-7-15-11)5-1-2-10(14)9-3-4-9/h9,11H,1-8H2. The summed E-state index contributed by atoms with van der Waals surface area (Å²) >= 11 is 2.33. The lowest BCUT2D eigenvalue weighted by Gasteiger charge is -2.29. The van der Waals surface area contributed by atoms with E-state index in [1.165, 1.54) is 0 Å². The number of hydrogen-bond donors (Lipinski definition) is 0. The first-order chi connectivity index (χ1) is 7.25. The van der Waals surface area contributed by atoms with Gasteiger partial charge in [0.05, 0.1) is 6.61 Å². The van der Waals surface area contributed by atoms with Crippen LogP contribution >= 0.6 is 22.6 Å². The maximum Gasteiger partial charge on any atom is 0.136 e. The van der Waals surface area contributed by atoms with E-state index in [2.05, 4.69) is 27.5 Å². The second kappa shape index (κ2) is 5.59. The van der Waals surface area contributed by atoms with Gasteiger partial charge in [0.15, 0.2) is 0 Å². The van der Waals surface area contributed by atoms with E-state index in [-0.39, 0.29) is 0 Å². The quantitative estimate of drug-likeness (QED) is 0.571. The van der Waals surface area contributed by atoms with Crippen molar-refractivity contribution in [3.63, 3.8) is 0 Å². The van der Waals surface area contributed by atoms with Crippen LogP contribution in [-0.4, -0.2) is 41.0 Å². The van der Waals surface area contributed by atoms with Gasteiger partial charge in [-0.05, 0) is 48.4 Å². The Bertz CT molecular complexity index is 231. The Kier molecular flexibility index (Phi) is 4.40. The number of nitrogens with zero attached hydrogens (tertiary/aromatic N) is 1. The van der Waals surface area contributed by atoms with E-state index in [0.717, 1.165) is 51.9 Å². The second-order valence-corrected chi connectivity index (χ2v) is 5.81. The first-order valence-corrected chi connectivity index (χ1v) is 7.01. The predicted octanol–water partition coefficient (Wildman–Crippen LogP) is 1.84. The molecule has 2 rings (SSSR count). The van der Waals surface area contributed by atoms with Gasteiger partial charge in [0.25, 0.3) is 0 Å². The van der Waals surface area contributed by atoms with E-state index in [0.29, 0.717) is 15.8 Å². The number of carbonyl (C=O) groups is 1. The Balaban J connectivity index is 1.58. The molecule has 1 unspecified atom stereocenters. The number of rotatable bonds is 5. The van der Waals surface area contributed by atoms with Crippen LogP contribution in [0, 0.1) is 5.92 Å². The smallest absolute Gasteiger partial charge is 0.136 e. The number of hydrogen-bond acceptors (Lipinski definition) is 3. The van der Waals surface area contributed by atoms with E-state index >= 15 is 0 Å². The van der Waals surface area contributed by atoms with Gasteiger partial charge in [0.1, 0.15) is 9.89 Å². The van der Waals surface area contributed by atoms with Gasteiger partial charge >= 0.3 is 0 Å². The van der Waals surface area contributed by atoms with E-state index in [1.807, 2.05) is 0 Å². The van der Waals surface area contributed by atoms with Gasteiger partial charge < -0.3 is 4.74 Å². The van der Waals surface area contributed by atoms with Gasteiger partial charge in [-0.2, -0.15) is 0 Å². The van der Waals surface area contributed by atoms with Crippen LogP contribution in [0.1, 0.15) is 25.7 Å². The summed E-state index contributed by atoms with van der Waals surface area (Å²) in [6.07, 6.45) is 4.10. The molecule has 2 aliphatic rings. The van der Waals surface area contributed by atoms with Crippen molar-refractivity contribution in [3.05, 3.63) is 0 Å². The highest BCUT2D eigenvalue weighted by Gasteiger charge is 2.28. The van der Waals surface area contributed by atoms with Gasteiger partial charge in [-0.15, -0.1) is 0 Å². The molecule has 1 heterocycles. The average molecular weight is 323 g/mol. The molecule has 0 aromatic carbocycles. The molecule has 1 saturated carbocycles. The first-order valence-electron chi connectivity index (χ1n) is 5.76. The number of carbonyl (C=O) groups excluding carboxylic acids is 1. The summed E-state index contributed by atoms with van der Waals surface area (Å²) in [5.41, 5.74) is 0. The number of alkyl halides is 1. The molecule has 0 amide bonds. The molecule has 3 nitrogen and oxygen atoms in total. The van der Waals surface area contributed by atoms with Crippen molar-refractivity contribution >= 4 is 28.4 Å². The summed E-state index contributed by atoms with van der Waals surface area (Å²) in [6.45, 7) is 3.93.